The number of H-pyrrole nitrogens is 2. The number of carbonyl (C=O) groups is 12. The van der Waals surface area contributed by atoms with Crippen molar-refractivity contribution in [1.29, 1.82) is 0 Å². The molecule has 3 aromatic heterocycles. The first-order valence-corrected chi connectivity index (χ1v) is 45.8. The SMILES string of the molecule is CC(=O)OC[C@H]1O[C@@H](Oc2ccc(-c3c4nc(c(-c5ccc(NC(=O)[C@H](C)NC(=O)OCC6c7ccccc7-c7ccccc76)cc5)c5ccc([nH]5)c(-c5ccc(O[C@@H]6O[C@H](COC(C)=O)[C@@H](OC(C)=O)[C@H](OC(C)=O)[C@H]6OC(C)=O)cc5)c5nc(c(-c6ccc(NC(=O)[C@H](C)NC(=O)OCC7c8ccccc8-c8ccccc87)cc6)c6ccc3[nH]6)C=C5)C=C4)cc2)[C@H](OC(C)=O)[C@@H](OC(C)=O)[C@@H]1OC(C)=O. The van der Waals surface area contributed by atoms with Gasteiger partial charge in [-0.3, -0.25) is 47.9 Å². The molecular formula is C108H98N8O26. The molecule has 11 aromatic rings. The molecule has 4 amide bonds. The van der Waals surface area contributed by atoms with Crippen molar-refractivity contribution in [1.82, 2.24) is 30.6 Å². The summed E-state index contributed by atoms with van der Waals surface area (Å²) in [5.74, 6) is -7.71. The molecule has 2 fully saturated rings. The number of hydrogen-bond acceptors (Lipinski definition) is 28. The summed E-state index contributed by atoms with van der Waals surface area (Å²) in [6.07, 6.45) is -9.19. The molecule has 4 aliphatic heterocycles. The van der Waals surface area contributed by atoms with Gasteiger partial charge in [-0.1, -0.05) is 146 Å². The van der Waals surface area contributed by atoms with Gasteiger partial charge < -0.3 is 97.6 Å². The molecular weight excluding hydrogens is 1830 g/mol. The van der Waals surface area contributed by atoms with E-state index in [2.05, 4.69) is 31.2 Å². The maximum Gasteiger partial charge on any atom is 0.407 e. The quantitative estimate of drug-likeness (QED) is 0.0196. The van der Waals surface area contributed by atoms with Crippen LogP contribution in [0.15, 0.2) is 218 Å². The maximum absolute atomic E-state index is 14.1. The van der Waals surface area contributed by atoms with Crippen molar-refractivity contribution in [2.24, 2.45) is 0 Å². The molecule has 726 valence electrons. The number of nitrogens with zero attached hydrogens (tertiary/aromatic N) is 2. The fraction of sp³-hybridized carbons (Fsp3) is 0.259. The van der Waals surface area contributed by atoms with Gasteiger partial charge in [0.1, 0.15) is 62.2 Å². The summed E-state index contributed by atoms with van der Waals surface area (Å²) in [4.78, 5) is 176. The molecule has 0 unspecified atom stereocenters. The Morgan fingerprint density at radius 1 is 0.310 bits per heavy atom. The van der Waals surface area contributed by atoms with E-state index in [0.717, 1.165) is 99.9 Å². The lowest BCUT2D eigenvalue weighted by Crippen LogP contribution is -2.63. The van der Waals surface area contributed by atoms with Crippen LogP contribution < -0.4 is 30.7 Å². The molecule has 7 heterocycles. The highest BCUT2D eigenvalue weighted by atomic mass is 16.8. The van der Waals surface area contributed by atoms with Gasteiger partial charge in [-0.25, -0.2) is 19.6 Å². The van der Waals surface area contributed by atoms with Gasteiger partial charge in [0.15, 0.2) is 24.4 Å². The van der Waals surface area contributed by atoms with Crippen molar-refractivity contribution in [2.45, 2.75) is 155 Å². The molecule has 34 heteroatoms. The van der Waals surface area contributed by atoms with E-state index in [-0.39, 0.29) is 36.5 Å². The van der Waals surface area contributed by atoms with E-state index in [9.17, 15) is 57.5 Å². The van der Waals surface area contributed by atoms with Crippen molar-refractivity contribution >= 4 is 130 Å². The molecule has 34 nitrogen and oxygen atoms in total. The van der Waals surface area contributed by atoms with E-state index in [1.165, 1.54) is 0 Å². The summed E-state index contributed by atoms with van der Waals surface area (Å²) in [6, 6.07) is 64.7. The van der Waals surface area contributed by atoms with Crippen LogP contribution in [-0.4, -0.2) is 192 Å². The molecule has 6 aliphatic rings. The largest absolute Gasteiger partial charge is 0.463 e. The smallest absolute Gasteiger partial charge is 0.407 e. The Hall–Kier alpha value is -16.9. The maximum atomic E-state index is 14.1. The zero-order valence-electron chi connectivity index (χ0n) is 78.5. The van der Waals surface area contributed by atoms with E-state index < -0.39 is 158 Å². The first-order valence-electron chi connectivity index (χ1n) is 45.8. The van der Waals surface area contributed by atoms with Gasteiger partial charge in [0.05, 0.1) is 22.8 Å². The molecule has 0 spiro atoms. The van der Waals surface area contributed by atoms with Gasteiger partial charge in [-0.05, 0) is 178 Å². The number of hydrogen-bond donors (Lipinski definition) is 6. The number of ether oxygens (including phenoxy) is 14. The number of alkyl carbamates (subject to hydrolysis) is 2. The van der Waals surface area contributed by atoms with Crippen LogP contribution in [0.4, 0.5) is 21.0 Å². The van der Waals surface area contributed by atoms with Crippen molar-refractivity contribution in [3.05, 3.63) is 263 Å². The second kappa shape index (κ2) is 42.2. The van der Waals surface area contributed by atoms with E-state index in [0.29, 0.717) is 101 Å². The first-order chi connectivity index (χ1) is 68.4. The third kappa shape index (κ3) is 21.7. The second-order valence-corrected chi connectivity index (χ2v) is 34.4. The standard InChI is InChI=1S/C108H98N8O26/c1-55(109-107(127)131-51-81-77-23-15-11-19-73(77)74-20-12-16-24-78(74)81)103(125)111-69-35-27-65(28-36-69)93-83-43-47-87(113-83)95(67-31-39-71(40-32-67)139-105-101(137-63(9)123)99(135-61(7)121)97(133-59(5)119)91(141-105)53-129-57(3)117)89-49-45-85(115-89)94(66-29-37-70(38-30-66)112-104(126)56(2)110-108(128)132-52-82-79-25-17-13-21-75(79)76-22-14-18-26-80(76)82)86-46-50-90(116-86)96(88-48-44-84(93)114-88)68-33-41-72(42-34-68)140-106-102(138-64(10)124)100(136-62(8)122)98(134-60(6)120)92(142-106)54-130-58(4)118/h11-50,55-56,81-82,91-92,97-102,105-106,113,116H,51-54H2,1-10H3,(H,109,127)(H,110,128)(H,111,125)(H,112,126)/t55-,56-,91+,92+,97+,98+,99-,100-,101+,102+,105+,106+/m0/s1. The number of amides is 4. The van der Waals surface area contributed by atoms with Crippen LogP contribution in [0.25, 0.3) is 113 Å². The zero-order chi connectivity index (χ0) is 99.8. The van der Waals surface area contributed by atoms with Crippen LogP contribution in [-0.2, 0) is 105 Å². The number of benzene rings is 8. The van der Waals surface area contributed by atoms with Gasteiger partial charge >= 0.3 is 59.9 Å². The van der Waals surface area contributed by atoms with Crippen LogP contribution in [0.5, 0.6) is 11.5 Å². The fourth-order valence-electron chi connectivity index (χ4n) is 18.4. The summed E-state index contributed by atoms with van der Waals surface area (Å²) in [6.45, 7) is 11.1. The van der Waals surface area contributed by atoms with Gasteiger partial charge in [0, 0.05) is 123 Å². The summed E-state index contributed by atoms with van der Waals surface area (Å²) in [5, 5.41) is 11.3. The number of fused-ring (bicyclic) bond motifs is 14. The van der Waals surface area contributed by atoms with Gasteiger partial charge in [-0.15, -0.1) is 0 Å². The minimum atomic E-state index is -1.60. The predicted octanol–water partition coefficient (Wildman–Crippen LogP) is 16.0. The van der Waals surface area contributed by atoms with Crippen LogP contribution in [0.2, 0.25) is 0 Å². The number of anilines is 2. The summed E-state index contributed by atoms with van der Waals surface area (Å²) in [5.41, 5.74) is 17.3. The molecule has 0 radical (unpaired) electrons. The van der Waals surface area contributed by atoms with E-state index in [1.54, 1.807) is 111 Å². The van der Waals surface area contributed by atoms with E-state index in [1.807, 2.05) is 146 Å². The average Bonchev–Trinajstić information content (AvgIpc) is 1.48. The molecule has 0 saturated carbocycles. The number of carbonyl (C=O) groups excluding carboxylic acids is 12. The van der Waals surface area contributed by atoms with Crippen molar-refractivity contribution < 1.29 is 124 Å². The zero-order valence-corrected chi connectivity index (χ0v) is 78.5. The molecule has 17 rings (SSSR count). The minimum absolute atomic E-state index is 0.0264. The Kier molecular flexibility index (Phi) is 28.8. The van der Waals surface area contributed by atoms with Gasteiger partial charge in [-0.2, -0.15) is 0 Å². The third-order valence-corrected chi connectivity index (χ3v) is 24.5. The molecule has 142 heavy (non-hydrogen) atoms. The number of esters is 8. The lowest BCUT2D eigenvalue weighted by molar-refractivity contribution is -0.288. The monoisotopic (exact) mass is 1920 g/mol. The Balaban J connectivity index is 0.764. The fourth-order valence-corrected chi connectivity index (χ4v) is 18.4. The van der Waals surface area contributed by atoms with Crippen molar-refractivity contribution in [3.63, 3.8) is 0 Å². The Morgan fingerprint density at radius 2 is 0.577 bits per heavy atom. The molecule has 8 bridgehead atoms. The summed E-state index contributed by atoms with van der Waals surface area (Å²) >= 11 is 0. The molecule has 8 aromatic carbocycles. The van der Waals surface area contributed by atoms with Gasteiger partial charge in [0.2, 0.25) is 36.6 Å². The topological polar surface area (TPSA) is 440 Å². The lowest BCUT2D eigenvalue weighted by Gasteiger charge is -2.43. The van der Waals surface area contributed by atoms with Crippen LogP contribution in [0.1, 0.15) is 126 Å². The Labute approximate surface area is 813 Å². The summed E-state index contributed by atoms with van der Waals surface area (Å²) < 4.78 is 82.3. The highest BCUT2D eigenvalue weighted by molar-refractivity contribution is 6.03. The molecule has 2 saturated heterocycles. The van der Waals surface area contributed by atoms with Crippen LogP contribution in [0.3, 0.4) is 0 Å². The Morgan fingerprint density at radius 3 is 0.859 bits per heavy atom. The van der Waals surface area contributed by atoms with Crippen molar-refractivity contribution in [3.8, 4) is 78.3 Å². The normalized spacial score (nSPS) is 18.9. The highest BCUT2D eigenvalue weighted by Crippen LogP contribution is 2.48. The van der Waals surface area contributed by atoms with E-state index >= 15 is 0 Å². The molecule has 2 aliphatic carbocycles. The number of aromatic nitrogens is 4. The van der Waals surface area contributed by atoms with Crippen LogP contribution in [0, 0.1) is 0 Å². The number of nitrogens with one attached hydrogen (secondary N) is 6. The third-order valence-electron chi connectivity index (χ3n) is 24.5. The predicted molar refractivity (Wildman–Crippen MR) is 518 cm³/mol. The van der Waals surface area contributed by atoms with Gasteiger partial charge in [0.25, 0.3) is 0 Å². The minimum Gasteiger partial charge on any atom is -0.463 e. The van der Waals surface area contributed by atoms with Crippen molar-refractivity contribution in [2.75, 3.05) is 37.1 Å². The highest BCUT2D eigenvalue weighted by Gasteiger charge is 2.55. The Bertz CT molecular complexity index is 6530. The average molecular weight is 1920 g/mol. The summed E-state index contributed by atoms with van der Waals surface area (Å²) in [7, 11) is 0. The molecule has 6 N–H and O–H groups in total. The second-order valence-electron chi connectivity index (χ2n) is 34.4. The first kappa shape index (κ1) is 96.8. The number of aromatic amines is 2. The lowest BCUT2D eigenvalue weighted by atomic mass is 9.98. The van der Waals surface area contributed by atoms with Crippen LogP contribution >= 0.6 is 0 Å². The number of rotatable bonds is 28. The van der Waals surface area contributed by atoms with E-state index in [4.69, 9.17) is 76.3 Å². The molecule has 12 atom stereocenters.